The highest BCUT2D eigenvalue weighted by molar-refractivity contribution is 7.98. The lowest BCUT2D eigenvalue weighted by Gasteiger charge is -2.10. The fourth-order valence-electron chi connectivity index (χ4n) is 1.77. The minimum atomic E-state index is 0.524. The van der Waals surface area contributed by atoms with E-state index in [2.05, 4.69) is 21.2 Å². The van der Waals surface area contributed by atoms with E-state index in [1.807, 2.05) is 27.7 Å². The van der Waals surface area contributed by atoms with Crippen LogP contribution in [0, 0.1) is 32.1 Å². The summed E-state index contributed by atoms with van der Waals surface area (Å²) in [6, 6.07) is 2.23. The smallest absolute Gasteiger partial charge is 0.237 e. The van der Waals surface area contributed by atoms with Crippen molar-refractivity contribution in [3.63, 3.8) is 0 Å². The van der Waals surface area contributed by atoms with Gasteiger partial charge in [-0.25, -0.2) is 4.98 Å². The summed E-state index contributed by atoms with van der Waals surface area (Å²) in [5, 5.41) is 13.9. The molecule has 0 unspecified atom stereocenters. The van der Waals surface area contributed by atoms with Crippen molar-refractivity contribution in [3.8, 4) is 6.07 Å². The summed E-state index contributed by atoms with van der Waals surface area (Å²) in [4.78, 5) is 8.75. The van der Waals surface area contributed by atoms with Gasteiger partial charge < -0.3 is 4.52 Å². The van der Waals surface area contributed by atoms with E-state index in [0.717, 1.165) is 28.3 Å². The van der Waals surface area contributed by atoms with E-state index in [1.165, 1.54) is 11.8 Å². The number of hydrogen-bond acceptors (Lipinski definition) is 6. The minimum absolute atomic E-state index is 0.524. The first-order valence-electron chi connectivity index (χ1n) is 6.39. The first-order valence-corrected chi connectivity index (χ1v) is 7.37. The van der Waals surface area contributed by atoms with Crippen molar-refractivity contribution in [1.29, 1.82) is 5.26 Å². The van der Waals surface area contributed by atoms with Crippen molar-refractivity contribution in [2.75, 3.05) is 0 Å². The molecule has 0 N–H and O–H groups in total. The highest BCUT2D eigenvalue weighted by atomic mass is 32.2. The zero-order valence-corrected chi connectivity index (χ0v) is 12.8. The summed E-state index contributed by atoms with van der Waals surface area (Å²) >= 11 is 1.46. The Balaban J connectivity index is 2.23. The van der Waals surface area contributed by atoms with Crippen molar-refractivity contribution in [1.82, 2.24) is 15.1 Å². The van der Waals surface area contributed by atoms with Gasteiger partial charge in [0.1, 0.15) is 11.1 Å². The van der Waals surface area contributed by atoms with Crippen LogP contribution in [-0.4, -0.2) is 15.1 Å². The maximum Gasteiger partial charge on any atom is 0.237 e. The summed E-state index contributed by atoms with van der Waals surface area (Å²) in [5.74, 6) is 1.79. The van der Waals surface area contributed by atoms with E-state index in [-0.39, 0.29) is 0 Å². The van der Waals surface area contributed by atoms with Crippen molar-refractivity contribution >= 4 is 11.8 Å². The number of aryl methyl sites for hydroxylation is 2. The van der Waals surface area contributed by atoms with Gasteiger partial charge >= 0.3 is 0 Å². The zero-order valence-electron chi connectivity index (χ0n) is 12.0. The largest absolute Gasteiger partial charge is 0.338 e. The molecule has 2 aromatic rings. The molecule has 0 aliphatic heterocycles. The van der Waals surface area contributed by atoms with Crippen LogP contribution in [-0.2, 0) is 12.2 Å². The maximum absolute atomic E-state index is 9.30. The summed E-state index contributed by atoms with van der Waals surface area (Å²) in [6.07, 6.45) is 0.749. The Labute approximate surface area is 122 Å². The Morgan fingerprint density at radius 1 is 1.20 bits per heavy atom. The quantitative estimate of drug-likeness (QED) is 0.805. The monoisotopic (exact) mass is 288 g/mol. The van der Waals surface area contributed by atoms with Crippen LogP contribution >= 0.6 is 11.8 Å². The van der Waals surface area contributed by atoms with Crippen molar-refractivity contribution in [3.05, 3.63) is 34.1 Å². The van der Waals surface area contributed by atoms with E-state index >= 15 is 0 Å². The number of thioether (sulfide) groups is 1. The second-order valence-corrected chi connectivity index (χ2v) is 5.45. The molecule has 0 fully saturated rings. The standard InChI is InChI=1S/C14H16N4OS/c1-5-12-17-13(19-18-12)7-20-14-11(6-15)9(3)8(2)10(4)16-14/h5,7H2,1-4H3. The molecule has 0 saturated carbocycles. The summed E-state index contributed by atoms with van der Waals surface area (Å²) in [6.45, 7) is 7.87. The lowest BCUT2D eigenvalue weighted by Crippen LogP contribution is -1.99. The molecule has 0 amide bonds. The van der Waals surface area contributed by atoms with Crippen LogP contribution in [0.5, 0.6) is 0 Å². The summed E-state index contributed by atoms with van der Waals surface area (Å²) < 4.78 is 5.14. The molecule has 6 heteroatoms. The average molecular weight is 288 g/mol. The molecular formula is C14H16N4OS. The third-order valence-corrected chi connectivity index (χ3v) is 4.19. The molecule has 0 radical (unpaired) electrons. The van der Waals surface area contributed by atoms with Crippen LogP contribution in [0.15, 0.2) is 9.55 Å². The van der Waals surface area contributed by atoms with E-state index in [1.54, 1.807) is 0 Å². The molecule has 20 heavy (non-hydrogen) atoms. The Bertz CT molecular complexity index is 673. The van der Waals surface area contributed by atoms with E-state index in [9.17, 15) is 5.26 Å². The molecule has 0 spiro atoms. The number of aromatic nitrogens is 3. The summed E-state index contributed by atoms with van der Waals surface area (Å²) in [7, 11) is 0. The number of nitriles is 1. The molecule has 2 heterocycles. The Hall–Kier alpha value is -1.87. The third kappa shape index (κ3) is 2.83. The van der Waals surface area contributed by atoms with Crippen LogP contribution in [0.2, 0.25) is 0 Å². The molecule has 104 valence electrons. The second-order valence-electron chi connectivity index (χ2n) is 4.49. The van der Waals surface area contributed by atoms with Gasteiger partial charge in [-0.15, -0.1) is 0 Å². The van der Waals surface area contributed by atoms with Crippen molar-refractivity contribution in [2.24, 2.45) is 0 Å². The van der Waals surface area contributed by atoms with Gasteiger partial charge in [-0.05, 0) is 31.9 Å². The van der Waals surface area contributed by atoms with Gasteiger partial charge in [0.2, 0.25) is 5.89 Å². The average Bonchev–Trinajstić information content (AvgIpc) is 2.90. The van der Waals surface area contributed by atoms with Gasteiger partial charge in [-0.1, -0.05) is 23.8 Å². The number of hydrogen-bond donors (Lipinski definition) is 0. The fourth-order valence-corrected chi connectivity index (χ4v) is 2.69. The predicted molar refractivity (Wildman–Crippen MR) is 76.4 cm³/mol. The van der Waals surface area contributed by atoms with Crippen LogP contribution in [0.4, 0.5) is 0 Å². The molecule has 2 aromatic heterocycles. The van der Waals surface area contributed by atoms with E-state index in [4.69, 9.17) is 4.52 Å². The van der Waals surface area contributed by atoms with Crippen LogP contribution in [0.25, 0.3) is 0 Å². The molecule has 0 aliphatic carbocycles. The number of rotatable bonds is 4. The fraction of sp³-hybridized carbons (Fsp3) is 0.429. The van der Waals surface area contributed by atoms with Crippen molar-refractivity contribution in [2.45, 2.75) is 44.9 Å². The Morgan fingerprint density at radius 2 is 1.95 bits per heavy atom. The summed E-state index contributed by atoms with van der Waals surface area (Å²) in [5.41, 5.74) is 3.64. The molecular weight excluding hydrogens is 272 g/mol. The van der Waals surface area contributed by atoms with Gasteiger partial charge in [0.05, 0.1) is 11.3 Å². The number of nitrogens with zero attached hydrogens (tertiary/aromatic N) is 4. The molecule has 0 aliphatic rings. The lowest BCUT2D eigenvalue weighted by atomic mass is 10.1. The van der Waals surface area contributed by atoms with Gasteiger partial charge in [0, 0.05) is 12.1 Å². The topological polar surface area (TPSA) is 75.6 Å². The van der Waals surface area contributed by atoms with Gasteiger partial charge in [-0.3, -0.25) is 0 Å². The highest BCUT2D eigenvalue weighted by Crippen LogP contribution is 2.28. The van der Waals surface area contributed by atoms with Crippen LogP contribution in [0.1, 0.15) is 41.0 Å². The second kappa shape index (κ2) is 6.06. The van der Waals surface area contributed by atoms with Gasteiger partial charge in [0.15, 0.2) is 5.82 Å². The minimum Gasteiger partial charge on any atom is -0.338 e. The Morgan fingerprint density at radius 3 is 2.55 bits per heavy atom. The molecule has 0 bridgehead atoms. The van der Waals surface area contributed by atoms with E-state index in [0.29, 0.717) is 23.0 Å². The molecule has 0 atom stereocenters. The van der Waals surface area contributed by atoms with Crippen molar-refractivity contribution < 1.29 is 4.52 Å². The molecule has 0 aromatic carbocycles. The maximum atomic E-state index is 9.30. The SMILES string of the molecule is CCc1noc(CSc2nc(C)c(C)c(C)c2C#N)n1. The molecule has 0 saturated heterocycles. The van der Waals surface area contributed by atoms with Crippen LogP contribution in [0.3, 0.4) is 0 Å². The zero-order chi connectivity index (χ0) is 14.7. The third-order valence-electron chi connectivity index (χ3n) is 3.23. The van der Waals surface area contributed by atoms with E-state index < -0.39 is 0 Å². The predicted octanol–water partition coefficient (Wildman–Crippen LogP) is 3.12. The first kappa shape index (κ1) is 14.5. The normalized spacial score (nSPS) is 10.6. The van der Waals surface area contributed by atoms with Crippen LogP contribution < -0.4 is 0 Å². The number of pyridine rings is 1. The Kier molecular flexibility index (Phi) is 4.40. The lowest BCUT2D eigenvalue weighted by molar-refractivity contribution is 0.385. The molecule has 5 nitrogen and oxygen atoms in total. The molecule has 2 rings (SSSR count). The highest BCUT2D eigenvalue weighted by Gasteiger charge is 2.14. The van der Waals surface area contributed by atoms with Gasteiger partial charge in [0.25, 0.3) is 0 Å². The first-order chi connectivity index (χ1) is 9.56. The van der Waals surface area contributed by atoms with Gasteiger partial charge in [-0.2, -0.15) is 10.2 Å².